The van der Waals surface area contributed by atoms with Gasteiger partial charge in [-0.2, -0.15) is 0 Å². The first-order valence-electron chi connectivity index (χ1n) is 8.17. The molecule has 1 saturated heterocycles. The first kappa shape index (κ1) is 16.8. The van der Waals surface area contributed by atoms with Crippen LogP contribution in [0.4, 0.5) is 0 Å². The van der Waals surface area contributed by atoms with Crippen molar-refractivity contribution in [1.82, 2.24) is 10.2 Å². The monoisotopic (exact) mass is 300 g/mol. The van der Waals surface area contributed by atoms with Crippen LogP contribution in [0.25, 0.3) is 6.08 Å². The van der Waals surface area contributed by atoms with Gasteiger partial charge >= 0.3 is 0 Å². The third-order valence-electron chi connectivity index (χ3n) is 4.08. The Morgan fingerprint density at radius 3 is 2.73 bits per heavy atom. The molecule has 3 heteroatoms. The molecule has 1 aliphatic heterocycles. The Morgan fingerprint density at radius 1 is 1.32 bits per heavy atom. The smallest absolute Gasteiger partial charge is 0.225 e. The van der Waals surface area contributed by atoms with E-state index in [1.807, 2.05) is 26.8 Å². The second-order valence-electron chi connectivity index (χ2n) is 7.19. The van der Waals surface area contributed by atoms with Crippen molar-refractivity contribution in [3.8, 4) is 0 Å². The van der Waals surface area contributed by atoms with Crippen molar-refractivity contribution in [3.63, 3.8) is 0 Å². The van der Waals surface area contributed by atoms with Crippen LogP contribution in [0, 0.1) is 11.3 Å². The first-order valence-corrected chi connectivity index (χ1v) is 8.17. The molecule has 1 aromatic carbocycles. The third-order valence-corrected chi connectivity index (χ3v) is 4.08. The van der Waals surface area contributed by atoms with Crippen LogP contribution in [-0.4, -0.2) is 37.0 Å². The van der Waals surface area contributed by atoms with Gasteiger partial charge < -0.3 is 5.32 Å². The summed E-state index contributed by atoms with van der Waals surface area (Å²) in [6.07, 6.45) is 5.57. The second kappa shape index (κ2) is 7.59. The zero-order chi connectivity index (χ0) is 16.0. The molecule has 120 valence electrons. The van der Waals surface area contributed by atoms with Gasteiger partial charge in [0.15, 0.2) is 0 Å². The van der Waals surface area contributed by atoms with Gasteiger partial charge in [0.05, 0.1) is 0 Å². The maximum Gasteiger partial charge on any atom is 0.225 e. The molecule has 1 heterocycles. The van der Waals surface area contributed by atoms with Gasteiger partial charge in [-0.05, 0) is 24.4 Å². The molecule has 22 heavy (non-hydrogen) atoms. The number of nitrogens with one attached hydrogen (secondary N) is 1. The number of carbonyl (C=O) groups is 1. The number of carbonyl (C=O) groups excluding carboxylic acids is 1. The molecule has 0 saturated carbocycles. The molecule has 1 fully saturated rings. The largest absolute Gasteiger partial charge is 0.355 e. The summed E-state index contributed by atoms with van der Waals surface area (Å²) in [6, 6.07) is 10.4. The molecule has 0 unspecified atom stereocenters. The van der Waals surface area contributed by atoms with Crippen LogP contribution in [-0.2, 0) is 4.79 Å². The summed E-state index contributed by atoms with van der Waals surface area (Å²) in [4.78, 5) is 14.3. The van der Waals surface area contributed by atoms with Crippen LogP contribution in [0.1, 0.15) is 32.8 Å². The molecule has 3 nitrogen and oxygen atoms in total. The number of benzene rings is 1. The van der Waals surface area contributed by atoms with Gasteiger partial charge in [-0.25, -0.2) is 0 Å². The minimum atomic E-state index is -0.295. The molecule has 0 bridgehead atoms. The molecule has 1 atom stereocenters. The lowest BCUT2D eigenvalue weighted by Gasteiger charge is -2.20. The van der Waals surface area contributed by atoms with Gasteiger partial charge in [0, 0.05) is 25.0 Å². The second-order valence-corrected chi connectivity index (χ2v) is 7.19. The summed E-state index contributed by atoms with van der Waals surface area (Å²) in [6.45, 7) is 9.85. The van der Waals surface area contributed by atoms with E-state index in [2.05, 4.69) is 46.6 Å². The number of rotatable bonds is 5. The van der Waals surface area contributed by atoms with Crippen molar-refractivity contribution in [2.45, 2.75) is 27.2 Å². The van der Waals surface area contributed by atoms with Gasteiger partial charge in [-0.3, -0.25) is 9.69 Å². The molecule has 1 aromatic rings. The Labute approximate surface area is 134 Å². The fourth-order valence-corrected chi connectivity index (χ4v) is 2.65. The summed E-state index contributed by atoms with van der Waals surface area (Å²) in [5.41, 5.74) is 0.951. The van der Waals surface area contributed by atoms with Gasteiger partial charge in [-0.15, -0.1) is 0 Å². The fraction of sp³-hybridized carbons (Fsp3) is 0.526. The SMILES string of the molecule is CC(C)(C)C(=O)NC[C@H]1CCN(C/C=C/c2ccccc2)C1. The lowest BCUT2D eigenvalue weighted by atomic mass is 9.95. The lowest BCUT2D eigenvalue weighted by Crippen LogP contribution is -2.38. The first-order chi connectivity index (χ1) is 10.4. The van der Waals surface area contributed by atoms with Crippen molar-refractivity contribution < 1.29 is 4.79 Å². The van der Waals surface area contributed by atoms with Gasteiger partial charge in [0.25, 0.3) is 0 Å². The van der Waals surface area contributed by atoms with E-state index >= 15 is 0 Å². The highest BCUT2D eigenvalue weighted by molar-refractivity contribution is 5.81. The molecule has 0 aromatic heterocycles. The number of nitrogens with zero attached hydrogens (tertiary/aromatic N) is 1. The highest BCUT2D eigenvalue weighted by atomic mass is 16.2. The predicted octanol–water partition coefficient (Wildman–Crippen LogP) is 3.18. The molecular formula is C19H28N2O. The van der Waals surface area contributed by atoms with E-state index in [-0.39, 0.29) is 11.3 Å². The molecule has 2 rings (SSSR count). The van der Waals surface area contributed by atoms with E-state index in [0.717, 1.165) is 26.2 Å². The van der Waals surface area contributed by atoms with Crippen LogP contribution >= 0.6 is 0 Å². The van der Waals surface area contributed by atoms with Crippen molar-refractivity contribution in [1.29, 1.82) is 0 Å². The van der Waals surface area contributed by atoms with Crippen LogP contribution in [0.2, 0.25) is 0 Å². The fourth-order valence-electron chi connectivity index (χ4n) is 2.65. The zero-order valence-electron chi connectivity index (χ0n) is 14.0. The Bertz CT molecular complexity index is 502. The standard InChI is InChI=1S/C19H28N2O/c1-19(2,3)18(22)20-14-17-11-13-21(15-17)12-7-10-16-8-5-4-6-9-16/h4-10,17H,11-15H2,1-3H3,(H,20,22)/b10-7+/t17-/m1/s1. The highest BCUT2D eigenvalue weighted by Crippen LogP contribution is 2.17. The van der Waals surface area contributed by atoms with E-state index in [1.54, 1.807) is 0 Å². The van der Waals surface area contributed by atoms with Crippen molar-refractivity contribution >= 4 is 12.0 Å². The van der Waals surface area contributed by atoms with Crippen LogP contribution in [0.15, 0.2) is 36.4 Å². The normalized spacial score (nSPS) is 19.7. The summed E-state index contributed by atoms with van der Waals surface area (Å²) in [7, 11) is 0. The van der Waals surface area contributed by atoms with Crippen LogP contribution in [0.5, 0.6) is 0 Å². The van der Waals surface area contributed by atoms with Crippen molar-refractivity contribution in [2.75, 3.05) is 26.2 Å². The molecule has 1 amide bonds. The predicted molar refractivity (Wildman–Crippen MR) is 92.5 cm³/mol. The van der Waals surface area contributed by atoms with E-state index in [4.69, 9.17) is 0 Å². The minimum absolute atomic E-state index is 0.148. The van der Waals surface area contributed by atoms with E-state index in [0.29, 0.717) is 5.92 Å². The van der Waals surface area contributed by atoms with E-state index < -0.39 is 0 Å². The molecule has 0 radical (unpaired) electrons. The Hall–Kier alpha value is -1.61. The maximum atomic E-state index is 11.9. The van der Waals surface area contributed by atoms with Crippen molar-refractivity contribution in [2.24, 2.45) is 11.3 Å². The van der Waals surface area contributed by atoms with Crippen LogP contribution in [0.3, 0.4) is 0 Å². The highest BCUT2D eigenvalue weighted by Gasteiger charge is 2.25. The number of amides is 1. The molecule has 0 spiro atoms. The average Bonchev–Trinajstić information content (AvgIpc) is 2.93. The Morgan fingerprint density at radius 2 is 2.05 bits per heavy atom. The topological polar surface area (TPSA) is 32.3 Å². The molecule has 1 aliphatic rings. The lowest BCUT2D eigenvalue weighted by molar-refractivity contribution is -0.128. The Kier molecular flexibility index (Phi) is 5.78. The summed E-state index contributed by atoms with van der Waals surface area (Å²) in [5, 5.41) is 3.08. The maximum absolute atomic E-state index is 11.9. The molecule has 0 aliphatic carbocycles. The van der Waals surface area contributed by atoms with E-state index in [9.17, 15) is 4.79 Å². The number of hydrogen-bond donors (Lipinski definition) is 1. The minimum Gasteiger partial charge on any atom is -0.355 e. The summed E-state index contributed by atoms with van der Waals surface area (Å²) < 4.78 is 0. The molecular weight excluding hydrogens is 272 g/mol. The van der Waals surface area contributed by atoms with Gasteiger partial charge in [0.2, 0.25) is 5.91 Å². The van der Waals surface area contributed by atoms with Gasteiger partial charge in [0.1, 0.15) is 0 Å². The van der Waals surface area contributed by atoms with Crippen LogP contribution < -0.4 is 5.32 Å². The third kappa shape index (κ3) is 5.30. The van der Waals surface area contributed by atoms with Crippen molar-refractivity contribution in [3.05, 3.63) is 42.0 Å². The number of hydrogen-bond acceptors (Lipinski definition) is 2. The average molecular weight is 300 g/mol. The molecule has 1 N–H and O–H groups in total. The summed E-state index contributed by atoms with van der Waals surface area (Å²) >= 11 is 0. The summed E-state index contributed by atoms with van der Waals surface area (Å²) in [5.74, 6) is 0.728. The Balaban J connectivity index is 1.70. The number of likely N-dealkylation sites (tertiary alicyclic amines) is 1. The van der Waals surface area contributed by atoms with E-state index in [1.165, 1.54) is 12.0 Å². The zero-order valence-corrected chi connectivity index (χ0v) is 14.0. The van der Waals surface area contributed by atoms with Gasteiger partial charge in [-0.1, -0.05) is 63.3 Å². The quantitative estimate of drug-likeness (QED) is 0.906.